The van der Waals surface area contributed by atoms with Gasteiger partial charge in [0.25, 0.3) is 5.91 Å². The largest absolute Gasteiger partial charge is 0.490 e. The Kier molecular flexibility index (Phi) is 6.45. The van der Waals surface area contributed by atoms with E-state index in [1.807, 2.05) is 72.8 Å². The number of aromatic nitrogens is 3. The highest BCUT2D eigenvalue weighted by atomic mass is 19.4. The van der Waals surface area contributed by atoms with Crippen LogP contribution in [0.15, 0.2) is 67.0 Å². The van der Waals surface area contributed by atoms with Crippen molar-refractivity contribution in [1.29, 1.82) is 0 Å². The molecule has 0 aliphatic carbocycles. The molecule has 0 radical (unpaired) electrons. The van der Waals surface area contributed by atoms with Gasteiger partial charge in [-0.2, -0.15) is 18.3 Å². The lowest BCUT2D eigenvalue weighted by Crippen LogP contribution is -2.21. The molecule has 0 saturated heterocycles. The molecule has 10 heteroatoms. The molecule has 0 fully saturated rings. The van der Waals surface area contributed by atoms with Crippen LogP contribution >= 0.6 is 0 Å². The van der Waals surface area contributed by atoms with Crippen molar-refractivity contribution in [2.45, 2.75) is 6.18 Å². The fraction of sp³-hybridized carbons (Fsp3) is 0.0400. The van der Waals surface area contributed by atoms with E-state index in [1.54, 1.807) is 12.4 Å². The Morgan fingerprint density at radius 1 is 0.943 bits per heavy atom. The van der Waals surface area contributed by atoms with Crippen molar-refractivity contribution in [3.8, 4) is 0 Å². The molecule has 0 bridgehead atoms. The number of aromatic amines is 1. The number of carbonyl (C=O) groups excluding carboxylic acids is 1. The van der Waals surface area contributed by atoms with Crippen LogP contribution in [0.4, 0.5) is 13.2 Å². The van der Waals surface area contributed by atoms with Crippen molar-refractivity contribution in [3.05, 3.63) is 94.9 Å². The number of carboxylic acid groups (broad SMARTS) is 1. The van der Waals surface area contributed by atoms with Gasteiger partial charge >= 0.3 is 12.1 Å². The van der Waals surface area contributed by atoms with Gasteiger partial charge in [0.2, 0.25) is 0 Å². The Balaban J connectivity index is 0.000000364. The SMILES string of the molecule is O=C(O)C(F)(F)F.O=C1N/C(=C/c2ccc3c(/C=C/c4ccncc4)n[nH]c3c2)c2ccccc21. The minimum absolute atomic E-state index is 0.0620. The number of nitrogens with one attached hydrogen (secondary N) is 2. The van der Waals surface area contributed by atoms with Gasteiger partial charge in [0.1, 0.15) is 0 Å². The molecule has 35 heavy (non-hydrogen) atoms. The molecule has 0 saturated carbocycles. The maximum atomic E-state index is 12.1. The summed E-state index contributed by atoms with van der Waals surface area (Å²) in [7, 11) is 0. The van der Waals surface area contributed by atoms with Gasteiger partial charge in [0.05, 0.1) is 11.2 Å². The molecule has 0 atom stereocenters. The number of carbonyl (C=O) groups is 2. The summed E-state index contributed by atoms with van der Waals surface area (Å²) in [6, 6.07) is 17.6. The summed E-state index contributed by atoms with van der Waals surface area (Å²) in [4.78, 5) is 25.0. The van der Waals surface area contributed by atoms with Crippen LogP contribution in [0.25, 0.3) is 34.8 Å². The van der Waals surface area contributed by atoms with E-state index in [2.05, 4.69) is 20.5 Å². The molecule has 5 rings (SSSR count). The van der Waals surface area contributed by atoms with E-state index in [9.17, 15) is 18.0 Å². The van der Waals surface area contributed by atoms with Crippen LogP contribution in [-0.2, 0) is 4.79 Å². The van der Waals surface area contributed by atoms with Crippen LogP contribution in [-0.4, -0.2) is 38.3 Å². The summed E-state index contributed by atoms with van der Waals surface area (Å²) in [5, 5.41) is 18.6. The number of carboxylic acids is 1. The summed E-state index contributed by atoms with van der Waals surface area (Å²) in [5.41, 5.74) is 6.35. The van der Waals surface area contributed by atoms with Gasteiger partial charge in [0.15, 0.2) is 0 Å². The van der Waals surface area contributed by atoms with Crippen LogP contribution in [0.5, 0.6) is 0 Å². The number of rotatable bonds is 3. The molecule has 3 heterocycles. The zero-order chi connectivity index (χ0) is 25.0. The van der Waals surface area contributed by atoms with Crippen LogP contribution in [0, 0.1) is 0 Å². The van der Waals surface area contributed by atoms with Gasteiger partial charge in [-0.05, 0) is 53.6 Å². The van der Waals surface area contributed by atoms with E-state index >= 15 is 0 Å². The third-order valence-electron chi connectivity index (χ3n) is 5.02. The van der Waals surface area contributed by atoms with Crippen LogP contribution in [0.1, 0.15) is 32.7 Å². The van der Waals surface area contributed by atoms with E-state index in [-0.39, 0.29) is 5.91 Å². The van der Waals surface area contributed by atoms with Crippen LogP contribution in [0.3, 0.4) is 0 Å². The van der Waals surface area contributed by atoms with Crippen molar-refractivity contribution in [2.75, 3.05) is 0 Å². The monoisotopic (exact) mass is 478 g/mol. The fourth-order valence-electron chi connectivity index (χ4n) is 3.38. The summed E-state index contributed by atoms with van der Waals surface area (Å²) in [5.74, 6) is -2.82. The Morgan fingerprint density at radius 2 is 1.63 bits per heavy atom. The Hall–Kier alpha value is -4.73. The van der Waals surface area contributed by atoms with Gasteiger partial charge in [-0.25, -0.2) is 4.79 Å². The lowest BCUT2D eigenvalue weighted by atomic mass is 10.1. The van der Waals surface area contributed by atoms with Crippen molar-refractivity contribution in [2.24, 2.45) is 0 Å². The molecule has 0 spiro atoms. The number of hydrogen-bond acceptors (Lipinski definition) is 4. The molecule has 1 aliphatic rings. The number of nitrogens with zero attached hydrogens (tertiary/aromatic N) is 2. The third kappa shape index (κ3) is 5.44. The van der Waals surface area contributed by atoms with Gasteiger partial charge in [-0.1, -0.05) is 30.3 Å². The van der Waals surface area contributed by atoms with Crippen LogP contribution < -0.4 is 5.32 Å². The molecule has 7 nitrogen and oxygen atoms in total. The number of halogens is 3. The van der Waals surface area contributed by atoms with E-state index in [1.165, 1.54) is 0 Å². The third-order valence-corrected chi connectivity index (χ3v) is 5.02. The quantitative estimate of drug-likeness (QED) is 0.384. The predicted molar refractivity (Wildman–Crippen MR) is 125 cm³/mol. The van der Waals surface area contributed by atoms with E-state index < -0.39 is 12.1 Å². The van der Waals surface area contributed by atoms with Gasteiger partial charge in [-0.15, -0.1) is 0 Å². The lowest BCUT2D eigenvalue weighted by molar-refractivity contribution is -0.192. The van der Waals surface area contributed by atoms with Crippen molar-refractivity contribution in [3.63, 3.8) is 0 Å². The molecule has 1 aliphatic heterocycles. The average Bonchev–Trinajstić information content (AvgIpc) is 3.39. The molecular weight excluding hydrogens is 461 g/mol. The molecule has 2 aromatic carbocycles. The molecular formula is C25H17F3N4O3. The molecule has 3 N–H and O–H groups in total. The second kappa shape index (κ2) is 9.64. The summed E-state index contributed by atoms with van der Waals surface area (Å²) >= 11 is 0. The van der Waals surface area contributed by atoms with E-state index in [0.29, 0.717) is 5.56 Å². The fourth-order valence-corrected chi connectivity index (χ4v) is 3.38. The normalized spacial score (nSPS) is 14.0. The first kappa shape index (κ1) is 23.4. The Bertz CT molecular complexity index is 1460. The highest BCUT2D eigenvalue weighted by Crippen LogP contribution is 2.27. The summed E-state index contributed by atoms with van der Waals surface area (Å²) < 4.78 is 31.7. The zero-order valence-corrected chi connectivity index (χ0v) is 17.9. The lowest BCUT2D eigenvalue weighted by Gasteiger charge is -2.01. The number of aliphatic carboxylic acids is 1. The Morgan fingerprint density at radius 3 is 2.31 bits per heavy atom. The van der Waals surface area contributed by atoms with E-state index in [0.717, 1.165) is 39.0 Å². The second-order valence-electron chi connectivity index (χ2n) is 7.39. The number of H-pyrrole nitrogens is 1. The zero-order valence-electron chi connectivity index (χ0n) is 17.9. The first-order valence-corrected chi connectivity index (χ1v) is 10.2. The van der Waals surface area contributed by atoms with Crippen molar-refractivity contribution >= 4 is 46.7 Å². The maximum absolute atomic E-state index is 12.1. The van der Waals surface area contributed by atoms with Gasteiger partial charge < -0.3 is 10.4 Å². The highest BCUT2D eigenvalue weighted by molar-refractivity contribution is 6.11. The first-order valence-electron chi connectivity index (χ1n) is 10.2. The van der Waals surface area contributed by atoms with Gasteiger partial charge in [-0.3, -0.25) is 14.9 Å². The predicted octanol–water partition coefficient (Wildman–Crippen LogP) is 5.00. The molecule has 2 aromatic heterocycles. The number of amides is 1. The van der Waals surface area contributed by atoms with E-state index in [4.69, 9.17) is 9.90 Å². The van der Waals surface area contributed by atoms with Crippen LogP contribution in [0.2, 0.25) is 0 Å². The molecule has 0 unspecified atom stereocenters. The molecule has 176 valence electrons. The number of hydrogen-bond donors (Lipinski definition) is 3. The molecule has 4 aromatic rings. The molecule has 1 amide bonds. The summed E-state index contributed by atoms with van der Waals surface area (Å²) in [6.07, 6.45) is 4.43. The smallest absolute Gasteiger partial charge is 0.475 e. The maximum Gasteiger partial charge on any atom is 0.490 e. The minimum atomic E-state index is -5.08. The second-order valence-corrected chi connectivity index (χ2v) is 7.39. The van der Waals surface area contributed by atoms with Crippen molar-refractivity contribution < 1.29 is 27.9 Å². The van der Waals surface area contributed by atoms with Crippen molar-refractivity contribution in [1.82, 2.24) is 20.5 Å². The summed E-state index contributed by atoms with van der Waals surface area (Å²) in [6.45, 7) is 0. The average molecular weight is 478 g/mol. The Labute approximate surface area is 196 Å². The first-order chi connectivity index (χ1) is 16.7. The van der Waals surface area contributed by atoms with Gasteiger partial charge in [0, 0.05) is 34.6 Å². The standard InChI is InChI=1S/C23H16N4O.C2HF3O2/c28-23-18-4-2-1-3-17(18)21(25-23)13-16-5-7-19-20(26-27-22(19)14-16)8-6-15-9-11-24-12-10-15;3-2(4,5)1(6)7/h1-14H,(H,25,28)(H,26,27);(H,6,7)/b8-6+,21-13+;. The topological polar surface area (TPSA) is 108 Å². The highest BCUT2D eigenvalue weighted by Gasteiger charge is 2.38. The number of benzene rings is 2. The number of fused-ring (bicyclic) bond motifs is 2. The minimum Gasteiger partial charge on any atom is -0.475 e. The number of pyridine rings is 1. The number of alkyl halides is 3.